The second-order valence-electron chi connectivity index (χ2n) is 3.65. The van der Waals surface area contributed by atoms with Gasteiger partial charge in [-0.1, -0.05) is 29.0 Å². The Balaban J connectivity index is 2.12. The summed E-state index contributed by atoms with van der Waals surface area (Å²) < 4.78 is 5.72. The van der Waals surface area contributed by atoms with Gasteiger partial charge in [0.1, 0.15) is 11.9 Å². The van der Waals surface area contributed by atoms with Crippen LogP contribution in [-0.4, -0.2) is 10.2 Å². The standard InChI is InChI=1S/C11H12ClN3OS/c1-6-3-4-8(5-9(6)12)16-7(2)10-14-15-11(13)17-10/h3-5,7H,1-2H3,(H2,13,15)/t7-/m0/s1. The summed E-state index contributed by atoms with van der Waals surface area (Å²) in [4.78, 5) is 0. The molecule has 1 atom stereocenters. The van der Waals surface area contributed by atoms with E-state index in [1.54, 1.807) is 6.07 Å². The van der Waals surface area contributed by atoms with Crippen molar-refractivity contribution in [2.45, 2.75) is 20.0 Å². The van der Waals surface area contributed by atoms with Crippen LogP contribution in [0.4, 0.5) is 5.13 Å². The van der Waals surface area contributed by atoms with Gasteiger partial charge < -0.3 is 10.5 Å². The molecule has 0 unspecified atom stereocenters. The number of rotatable bonds is 3. The first kappa shape index (κ1) is 12.1. The van der Waals surface area contributed by atoms with E-state index in [0.717, 1.165) is 10.6 Å². The number of anilines is 1. The largest absolute Gasteiger partial charge is 0.483 e. The summed E-state index contributed by atoms with van der Waals surface area (Å²) in [6, 6.07) is 5.58. The molecule has 0 aliphatic heterocycles. The van der Waals surface area contributed by atoms with Gasteiger partial charge in [-0.05, 0) is 31.5 Å². The molecule has 0 radical (unpaired) electrons. The molecule has 0 saturated carbocycles. The van der Waals surface area contributed by atoms with Crippen molar-refractivity contribution in [1.82, 2.24) is 10.2 Å². The van der Waals surface area contributed by atoms with Gasteiger partial charge in [0, 0.05) is 5.02 Å². The molecule has 0 saturated heterocycles. The molecule has 0 aliphatic carbocycles. The second kappa shape index (κ2) is 4.89. The molecule has 4 nitrogen and oxygen atoms in total. The number of nitrogens with zero attached hydrogens (tertiary/aromatic N) is 2. The Labute approximate surface area is 108 Å². The fraction of sp³-hybridized carbons (Fsp3) is 0.273. The predicted octanol–water partition coefficient (Wildman–Crippen LogP) is 3.22. The highest BCUT2D eigenvalue weighted by molar-refractivity contribution is 7.15. The van der Waals surface area contributed by atoms with E-state index in [2.05, 4.69) is 10.2 Å². The van der Waals surface area contributed by atoms with Crippen molar-refractivity contribution in [1.29, 1.82) is 0 Å². The SMILES string of the molecule is Cc1ccc(O[C@@H](C)c2nnc(N)s2)cc1Cl. The van der Waals surface area contributed by atoms with E-state index in [9.17, 15) is 0 Å². The smallest absolute Gasteiger partial charge is 0.203 e. The number of hydrogen-bond donors (Lipinski definition) is 1. The average Bonchev–Trinajstić information content (AvgIpc) is 2.70. The van der Waals surface area contributed by atoms with Gasteiger partial charge in [-0.3, -0.25) is 0 Å². The number of hydrogen-bond acceptors (Lipinski definition) is 5. The fourth-order valence-electron chi connectivity index (χ4n) is 1.31. The van der Waals surface area contributed by atoms with Crippen molar-refractivity contribution < 1.29 is 4.74 Å². The first-order chi connectivity index (χ1) is 8.06. The van der Waals surface area contributed by atoms with Gasteiger partial charge in [-0.2, -0.15) is 0 Å². The summed E-state index contributed by atoms with van der Waals surface area (Å²) in [7, 11) is 0. The molecule has 6 heteroatoms. The Bertz CT molecular complexity index is 529. The molecule has 90 valence electrons. The van der Waals surface area contributed by atoms with Gasteiger partial charge in [-0.15, -0.1) is 10.2 Å². The van der Waals surface area contributed by atoms with E-state index < -0.39 is 0 Å². The van der Waals surface area contributed by atoms with Crippen molar-refractivity contribution in [3.63, 3.8) is 0 Å². The third kappa shape index (κ3) is 2.87. The Morgan fingerprint density at radius 2 is 2.18 bits per heavy atom. The van der Waals surface area contributed by atoms with Crippen molar-refractivity contribution >= 4 is 28.1 Å². The molecule has 1 aromatic heterocycles. The Morgan fingerprint density at radius 3 is 2.76 bits per heavy atom. The van der Waals surface area contributed by atoms with E-state index in [-0.39, 0.29) is 6.10 Å². The molecule has 0 fully saturated rings. The predicted molar refractivity (Wildman–Crippen MR) is 69.6 cm³/mol. The Morgan fingerprint density at radius 1 is 1.41 bits per heavy atom. The van der Waals surface area contributed by atoms with Gasteiger partial charge in [0.15, 0.2) is 5.01 Å². The zero-order chi connectivity index (χ0) is 12.4. The summed E-state index contributed by atoms with van der Waals surface area (Å²) >= 11 is 7.34. The van der Waals surface area contributed by atoms with Gasteiger partial charge in [0.2, 0.25) is 5.13 Å². The number of ether oxygens (including phenoxy) is 1. The minimum atomic E-state index is -0.191. The molecule has 2 N–H and O–H groups in total. The van der Waals surface area contributed by atoms with Gasteiger partial charge in [0.05, 0.1) is 0 Å². The van der Waals surface area contributed by atoms with Crippen LogP contribution in [0, 0.1) is 6.92 Å². The van der Waals surface area contributed by atoms with Crippen LogP contribution in [0.1, 0.15) is 23.6 Å². The number of aromatic nitrogens is 2. The van der Waals surface area contributed by atoms with E-state index in [4.69, 9.17) is 22.1 Å². The van der Waals surface area contributed by atoms with Crippen molar-refractivity contribution in [3.05, 3.63) is 33.8 Å². The maximum absolute atomic E-state index is 6.02. The molecule has 2 aromatic rings. The normalized spacial score (nSPS) is 12.4. The lowest BCUT2D eigenvalue weighted by Gasteiger charge is -2.12. The van der Waals surface area contributed by atoms with Crippen LogP contribution < -0.4 is 10.5 Å². The van der Waals surface area contributed by atoms with Crippen molar-refractivity contribution in [2.75, 3.05) is 5.73 Å². The second-order valence-corrected chi connectivity index (χ2v) is 5.10. The zero-order valence-corrected chi connectivity index (χ0v) is 11.0. The summed E-state index contributed by atoms with van der Waals surface area (Å²) in [5.41, 5.74) is 6.54. The lowest BCUT2D eigenvalue weighted by atomic mass is 10.2. The summed E-state index contributed by atoms with van der Waals surface area (Å²) in [5.74, 6) is 0.710. The Kier molecular flexibility index (Phi) is 3.49. The van der Waals surface area contributed by atoms with Crippen molar-refractivity contribution in [3.8, 4) is 5.75 Å². The summed E-state index contributed by atoms with van der Waals surface area (Å²) in [5, 5.41) is 9.57. The van der Waals surface area contributed by atoms with Crippen LogP contribution >= 0.6 is 22.9 Å². The summed E-state index contributed by atoms with van der Waals surface area (Å²) in [6.45, 7) is 3.84. The maximum Gasteiger partial charge on any atom is 0.203 e. The molecular formula is C11H12ClN3OS. The highest BCUT2D eigenvalue weighted by Crippen LogP contribution is 2.27. The van der Waals surface area contributed by atoms with Crippen LogP contribution in [0.15, 0.2) is 18.2 Å². The molecule has 0 spiro atoms. The first-order valence-electron chi connectivity index (χ1n) is 5.08. The minimum Gasteiger partial charge on any atom is -0.483 e. The number of benzene rings is 1. The van der Waals surface area contributed by atoms with E-state index >= 15 is 0 Å². The van der Waals surface area contributed by atoms with E-state index in [0.29, 0.717) is 15.9 Å². The summed E-state index contributed by atoms with van der Waals surface area (Å²) in [6.07, 6.45) is -0.191. The van der Waals surface area contributed by atoms with Crippen molar-refractivity contribution in [2.24, 2.45) is 0 Å². The molecule has 1 heterocycles. The van der Waals surface area contributed by atoms with E-state index in [1.165, 1.54) is 11.3 Å². The highest BCUT2D eigenvalue weighted by Gasteiger charge is 2.13. The number of aryl methyl sites for hydroxylation is 1. The van der Waals surface area contributed by atoms with Crippen LogP contribution in [0.5, 0.6) is 5.75 Å². The van der Waals surface area contributed by atoms with Gasteiger partial charge >= 0.3 is 0 Å². The van der Waals surface area contributed by atoms with Crippen LogP contribution in [0.2, 0.25) is 5.02 Å². The average molecular weight is 270 g/mol. The van der Waals surface area contributed by atoms with Crippen LogP contribution in [0.25, 0.3) is 0 Å². The monoisotopic (exact) mass is 269 g/mol. The topological polar surface area (TPSA) is 61.0 Å². The van der Waals surface area contributed by atoms with Gasteiger partial charge in [-0.25, -0.2) is 0 Å². The maximum atomic E-state index is 6.02. The lowest BCUT2D eigenvalue weighted by molar-refractivity contribution is 0.225. The molecule has 2 rings (SSSR count). The number of nitrogen functional groups attached to an aromatic ring is 1. The fourth-order valence-corrected chi connectivity index (χ4v) is 2.07. The molecule has 1 aromatic carbocycles. The molecule has 0 aliphatic rings. The molecule has 0 bridgehead atoms. The van der Waals surface area contributed by atoms with Crippen LogP contribution in [0.3, 0.4) is 0 Å². The number of halogens is 1. The highest BCUT2D eigenvalue weighted by atomic mass is 35.5. The Hall–Kier alpha value is -1.33. The third-order valence-electron chi connectivity index (χ3n) is 2.26. The van der Waals surface area contributed by atoms with E-state index in [1.807, 2.05) is 26.0 Å². The van der Waals surface area contributed by atoms with Gasteiger partial charge in [0.25, 0.3) is 0 Å². The first-order valence-corrected chi connectivity index (χ1v) is 6.27. The van der Waals surface area contributed by atoms with Crippen LogP contribution in [-0.2, 0) is 0 Å². The third-order valence-corrected chi connectivity index (χ3v) is 3.58. The molecule has 0 amide bonds. The molecular weight excluding hydrogens is 258 g/mol. The lowest BCUT2D eigenvalue weighted by Crippen LogP contribution is -2.02. The zero-order valence-electron chi connectivity index (χ0n) is 9.48. The molecule has 17 heavy (non-hydrogen) atoms. The quantitative estimate of drug-likeness (QED) is 0.929. The minimum absolute atomic E-state index is 0.191. The number of nitrogens with two attached hydrogens (primary N) is 1.